The van der Waals surface area contributed by atoms with Gasteiger partial charge in [0.05, 0.1) is 29.6 Å². The third-order valence-corrected chi connectivity index (χ3v) is 5.53. The smallest absolute Gasteiger partial charge is 0.241 e. The van der Waals surface area contributed by atoms with Gasteiger partial charge in [0.1, 0.15) is 11.6 Å². The molecule has 3 aromatic rings. The predicted molar refractivity (Wildman–Crippen MR) is 92.5 cm³/mol. The Morgan fingerprint density at radius 3 is 2.62 bits per heavy atom. The lowest BCUT2D eigenvalue weighted by Gasteiger charge is -2.10. The van der Waals surface area contributed by atoms with Gasteiger partial charge < -0.3 is 9.30 Å². The van der Waals surface area contributed by atoms with Crippen molar-refractivity contribution < 1.29 is 13.2 Å². The van der Waals surface area contributed by atoms with Crippen LogP contribution in [0.15, 0.2) is 47.4 Å². The van der Waals surface area contributed by atoms with Gasteiger partial charge in [0.15, 0.2) is 0 Å². The zero-order valence-corrected chi connectivity index (χ0v) is 14.6. The van der Waals surface area contributed by atoms with Crippen LogP contribution in [-0.4, -0.2) is 25.1 Å². The quantitative estimate of drug-likeness (QED) is 0.770. The Kier molecular flexibility index (Phi) is 4.29. The van der Waals surface area contributed by atoms with Crippen LogP contribution in [0.2, 0.25) is 0 Å². The van der Waals surface area contributed by atoms with Gasteiger partial charge in [-0.3, -0.25) is 0 Å². The zero-order valence-electron chi connectivity index (χ0n) is 13.8. The van der Waals surface area contributed by atoms with Crippen LogP contribution in [0.3, 0.4) is 0 Å². The molecule has 126 valence electrons. The minimum Gasteiger partial charge on any atom is -0.497 e. The van der Waals surface area contributed by atoms with Crippen molar-refractivity contribution in [3.05, 3.63) is 53.9 Å². The van der Waals surface area contributed by atoms with Gasteiger partial charge in [-0.05, 0) is 42.8 Å². The molecule has 1 heterocycles. The lowest BCUT2D eigenvalue weighted by Crippen LogP contribution is -2.25. The highest BCUT2D eigenvalue weighted by atomic mass is 32.2. The number of sulfonamides is 1. The molecule has 0 fully saturated rings. The van der Waals surface area contributed by atoms with E-state index < -0.39 is 10.0 Å². The van der Waals surface area contributed by atoms with E-state index in [0.717, 1.165) is 11.0 Å². The number of benzene rings is 2. The number of para-hydroxylation sites is 2. The monoisotopic (exact) mass is 345 g/mol. The van der Waals surface area contributed by atoms with Gasteiger partial charge in [-0.2, -0.15) is 0 Å². The van der Waals surface area contributed by atoms with Crippen LogP contribution in [0.4, 0.5) is 0 Å². The maximum atomic E-state index is 12.6. The predicted octanol–water partition coefficient (Wildman–Crippen LogP) is 2.37. The maximum Gasteiger partial charge on any atom is 0.241 e. The Balaban J connectivity index is 1.85. The summed E-state index contributed by atoms with van der Waals surface area (Å²) in [6, 6.07) is 12.6. The molecule has 0 unspecified atom stereocenters. The van der Waals surface area contributed by atoms with E-state index in [-0.39, 0.29) is 11.4 Å². The Morgan fingerprint density at radius 1 is 1.21 bits per heavy atom. The summed E-state index contributed by atoms with van der Waals surface area (Å²) in [4.78, 5) is 4.71. The normalized spacial score (nSPS) is 11.8. The molecule has 1 aromatic heterocycles. The number of aryl methyl sites for hydroxylation is 2. The van der Waals surface area contributed by atoms with Crippen LogP contribution < -0.4 is 9.46 Å². The Labute approximate surface area is 141 Å². The minimum absolute atomic E-state index is 0.124. The highest BCUT2D eigenvalue weighted by molar-refractivity contribution is 7.89. The Bertz CT molecular complexity index is 993. The molecule has 0 aliphatic heterocycles. The fraction of sp³-hybridized carbons (Fsp3) is 0.235. The van der Waals surface area contributed by atoms with Gasteiger partial charge >= 0.3 is 0 Å². The Hall–Kier alpha value is -2.38. The average molecular weight is 345 g/mol. The summed E-state index contributed by atoms with van der Waals surface area (Å²) in [7, 11) is -0.206. The first-order valence-electron chi connectivity index (χ1n) is 7.47. The third kappa shape index (κ3) is 3.00. The van der Waals surface area contributed by atoms with E-state index in [1.54, 1.807) is 32.2 Å². The number of methoxy groups -OCH3 is 1. The van der Waals surface area contributed by atoms with Gasteiger partial charge in [-0.15, -0.1) is 0 Å². The summed E-state index contributed by atoms with van der Waals surface area (Å²) in [5, 5.41) is 0. The zero-order chi connectivity index (χ0) is 17.3. The van der Waals surface area contributed by atoms with Crippen LogP contribution in [0, 0.1) is 6.92 Å². The van der Waals surface area contributed by atoms with Gasteiger partial charge in [-0.25, -0.2) is 18.1 Å². The van der Waals surface area contributed by atoms with E-state index in [0.29, 0.717) is 17.1 Å². The number of rotatable bonds is 5. The average Bonchev–Trinajstić information content (AvgIpc) is 2.89. The lowest BCUT2D eigenvalue weighted by molar-refractivity contribution is 0.414. The largest absolute Gasteiger partial charge is 0.497 e. The molecule has 7 heteroatoms. The van der Waals surface area contributed by atoms with Crippen molar-refractivity contribution in [3.63, 3.8) is 0 Å². The second-order valence-electron chi connectivity index (χ2n) is 5.53. The highest BCUT2D eigenvalue weighted by Crippen LogP contribution is 2.21. The second-order valence-corrected chi connectivity index (χ2v) is 7.27. The van der Waals surface area contributed by atoms with Crippen LogP contribution >= 0.6 is 0 Å². The molecule has 24 heavy (non-hydrogen) atoms. The molecule has 0 spiro atoms. The Morgan fingerprint density at radius 2 is 1.96 bits per heavy atom. The fourth-order valence-corrected chi connectivity index (χ4v) is 3.85. The fourth-order valence-electron chi connectivity index (χ4n) is 2.64. The number of nitrogens with zero attached hydrogens (tertiary/aromatic N) is 2. The summed E-state index contributed by atoms with van der Waals surface area (Å²) >= 11 is 0. The summed E-state index contributed by atoms with van der Waals surface area (Å²) in [6.45, 7) is 1.87. The molecule has 2 aromatic carbocycles. The molecule has 0 atom stereocenters. The summed E-state index contributed by atoms with van der Waals surface area (Å²) in [5.74, 6) is 1.28. The van der Waals surface area contributed by atoms with Crippen molar-refractivity contribution >= 4 is 21.1 Å². The van der Waals surface area contributed by atoms with Crippen molar-refractivity contribution in [2.24, 2.45) is 7.05 Å². The van der Waals surface area contributed by atoms with Crippen molar-refractivity contribution in [1.29, 1.82) is 0 Å². The molecular formula is C17H19N3O3S. The maximum absolute atomic E-state index is 12.6. The van der Waals surface area contributed by atoms with E-state index in [2.05, 4.69) is 9.71 Å². The van der Waals surface area contributed by atoms with Gasteiger partial charge in [-0.1, -0.05) is 12.1 Å². The molecule has 1 N–H and O–H groups in total. The van der Waals surface area contributed by atoms with Gasteiger partial charge in [0.2, 0.25) is 10.0 Å². The summed E-state index contributed by atoms with van der Waals surface area (Å²) < 4.78 is 34.7. The molecule has 0 radical (unpaired) electrons. The molecule has 0 amide bonds. The minimum atomic E-state index is -3.63. The number of ether oxygens (including phenoxy) is 1. The van der Waals surface area contributed by atoms with Crippen molar-refractivity contribution in [3.8, 4) is 5.75 Å². The van der Waals surface area contributed by atoms with Crippen LogP contribution in [0.1, 0.15) is 11.4 Å². The standard InChI is InChI=1S/C17H19N3O3S/c1-12-10-13(23-3)8-9-16(12)24(21,22)18-11-17-19-14-6-4-5-7-15(14)20(17)2/h4-10,18H,11H2,1-3H3. The number of nitrogens with one attached hydrogen (secondary N) is 1. The van der Waals surface area contributed by atoms with Crippen LogP contribution in [-0.2, 0) is 23.6 Å². The first-order valence-corrected chi connectivity index (χ1v) is 8.95. The summed E-state index contributed by atoms with van der Waals surface area (Å²) in [5.41, 5.74) is 2.44. The molecule has 3 rings (SSSR count). The summed E-state index contributed by atoms with van der Waals surface area (Å²) in [6.07, 6.45) is 0. The highest BCUT2D eigenvalue weighted by Gasteiger charge is 2.18. The van der Waals surface area contributed by atoms with Crippen LogP contribution in [0.25, 0.3) is 11.0 Å². The molecular weight excluding hydrogens is 326 g/mol. The topological polar surface area (TPSA) is 73.2 Å². The van der Waals surface area contributed by atoms with E-state index in [9.17, 15) is 8.42 Å². The number of aromatic nitrogens is 2. The molecule has 6 nitrogen and oxygen atoms in total. The third-order valence-electron chi connectivity index (χ3n) is 3.97. The van der Waals surface area contributed by atoms with Crippen molar-refractivity contribution in [1.82, 2.24) is 14.3 Å². The van der Waals surface area contributed by atoms with E-state index >= 15 is 0 Å². The van der Waals surface area contributed by atoms with Gasteiger partial charge in [0, 0.05) is 7.05 Å². The molecule has 0 bridgehead atoms. The first kappa shape index (κ1) is 16.5. The molecule has 0 saturated carbocycles. The second kappa shape index (κ2) is 6.26. The number of fused-ring (bicyclic) bond motifs is 1. The number of hydrogen-bond acceptors (Lipinski definition) is 4. The lowest BCUT2D eigenvalue weighted by atomic mass is 10.2. The van der Waals surface area contributed by atoms with Gasteiger partial charge in [0.25, 0.3) is 0 Å². The number of imidazole rings is 1. The molecule has 0 saturated heterocycles. The van der Waals surface area contributed by atoms with Crippen LogP contribution in [0.5, 0.6) is 5.75 Å². The molecule has 0 aliphatic rings. The molecule has 0 aliphatic carbocycles. The van der Waals surface area contributed by atoms with Crippen molar-refractivity contribution in [2.75, 3.05) is 7.11 Å². The van der Waals surface area contributed by atoms with E-state index in [1.807, 2.05) is 35.9 Å². The van der Waals surface area contributed by atoms with E-state index in [1.165, 1.54) is 0 Å². The van der Waals surface area contributed by atoms with E-state index in [4.69, 9.17) is 4.74 Å². The first-order chi connectivity index (χ1) is 11.4. The number of hydrogen-bond donors (Lipinski definition) is 1. The van der Waals surface area contributed by atoms with Crippen molar-refractivity contribution in [2.45, 2.75) is 18.4 Å². The SMILES string of the molecule is COc1ccc(S(=O)(=O)NCc2nc3ccccc3n2C)c(C)c1.